The minimum atomic E-state index is -0.905. The molecule has 0 unspecified atom stereocenters. The van der Waals surface area contributed by atoms with Gasteiger partial charge in [0.05, 0.1) is 0 Å². The summed E-state index contributed by atoms with van der Waals surface area (Å²) in [7, 11) is 0. The number of rotatable bonds is 6. The van der Waals surface area contributed by atoms with E-state index in [9.17, 15) is 9.59 Å². The Morgan fingerprint density at radius 2 is 1.50 bits per heavy atom. The van der Waals surface area contributed by atoms with Crippen molar-refractivity contribution in [2.75, 3.05) is 5.32 Å². The maximum Gasteiger partial charge on any atom is 0.252 e. The fourth-order valence-corrected chi connectivity index (χ4v) is 3.44. The van der Waals surface area contributed by atoms with Gasteiger partial charge in [0, 0.05) is 16.8 Å². The molecule has 0 spiro atoms. The number of carbonyl (C=O) groups excluding carboxylic acids is 2. The number of anilines is 1. The predicted octanol–water partition coefficient (Wildman–Crippen LogP) is 4.38. The topological polar surface area (TPSA) is 108 Å². The van der Waals surface area contributed by atoms with Crippen molar-refractivity contribution in [2.24, 2.45) is 5.73 Å². The van der Waals surface area contributed by atoms with Gasteiger partial charge in [-0.25, -0.2) is 0 Å². The molecule has 0 aliphatic rings. The van der Waals surface area contributed by atoms with Crippen LogP contribution in [0.1, 0.15) is 53.9 Å². The standard InChI is InChI=1S/C26H28N4O2/c1-26(2,3)20-14-7-8-15-21(20)29-25(32)22(17-10-5-4-6-11-17)30-24(31)19-13-9-12-18(16-19)23(27)28/h4-16,22H,1-3H3,(H3,27,28)(H,29,32)(H,30,31)/t22-/m1/s1. The molecule has 0 heterocycles. The summed E-state index contributed by atoms with van der Waals surface area (Å²) in [4.78, 5) is 26.3. The number of amidine groups is 1. The van der Waals surface area contributed by atoms with Gasteiger partial charge < -0.3 is 16.4 Å². The van der Waals surface area contributed by atoms with E-state index in [2.05, 4.69) is 31.4 Å². The Kier molecular flexibility index (Phi) is 6.73. The zero-order valence-corrected chi connectivity index (χ0v) is 18.5. The second-order valence-electron chi connectivity index (χ2n) is 8.60. The van der Waals surface area contributed by atoms with Gasteiger partial charge in [-0.3, -0.25) is 15.0 Å². The minimum absolute atomic E-state index is 0.129. The molecule has 3 aromatic carbocycles. The molecule has 0 aromatic heterocycles. The Bertz CT molecular complexity index is 1130. The number of para-hydroxylation sites is 1. The zero-order valence-electron chi connectivity index (χ0n) is 18.5. The summed E-state index contributed by atoms with van der Waals surface area (Å²) in [5.74, 6) is -0.902. The number of carbonyl (C=O) groups is 2. The van der Waals surface area contributed by atoms with Gasteiger partial charge in [0.2, 0.25) is 0 Å². The van der Waals surface area contributed by atoms with E-state index in [1.807, 2.05) is 42.5 Å². The summed E-state index contributed by atoms with van der Waals surface area (Å²) in [5.41, 5.74) is 8.51. The molecule has 3 rings (SSSR count). The van der Waals surface area contributed by atoms with E-state index >= 15 is 0 Å². The van der Waals surface area contributed by atoms with Crippen molar-refractivity contribution in [1.29, 1.82) is 5.41 Å². The van der Waals surface area contributed by atoms with Gasteiger partial charge >= 0.3 is 0 Å². The number of nitrogens with one attached hydrogen (secondary N) is 3. The first-order valence-electron chi connectivity index (χ1n) is 10.4. The monoisotopic (exact) mass is 428 g/mol. The number of benzene rings is 3. The Morgan fingerprint density at radius 3 is 2.16 bits per heavy atom. The predicted molar refractivity (Wildman–Crippen MR) is 128 cm³/mol. The lowest BCUT2D eigenvalue weighted by Crippen LogP contribution is -2.37. The highest BCUT2D eigenvalue weighted by molar-refractivity contribution is 6.03. The van der Waals surface area contributed by atoms with E-state index in [1.165, 1.54) is 6.07 Å². The van der Waals surface area contributed by atoms with Crippen LogP contribution in [0, 0.1) is 5.41 Å². The lowest BCUT2D eigenvalue weighted by molar-refractivity contribution is -0.118. The van der Waals surface area contributed by atoms with E-state index in [0.29, 0.717) is 22.4 Å². The number of hydrogen-bond donors (Lipinski definition) is 4. The highest BCUT2D eigenvalue weighted by Gasteiger charge is 2.26. The summed E-state index contributed by atoms with van der Waals surface area (Å²) < 4.78 is 0. The van der Waals surface area contributed by atoms with Crippen molar-refractivity contribution in [2.45, 2.75) is 32.2 Å². The fourth-order valence-electron chi connectivity index (χ4n) is 3.44. The second kappa shape index (κ2) is 9.47. The van der Waals surface area contributed by atoms with Gasteiger partial charge in [-0.1, -0.05) is 81.4 Å². The summed E-state index contributed by atoms with van der Waals surface area (Å²) in [6, 6.07) is 22.3. The van der Waals surface area contributed by atoms with Crippen molar-refractivity contribution >= 4 is 23.3 Å². The van der Waals surface area contributed by atoms with Crippen LogP contribution in [0.3, 0.4) is 0 Å². The van der Waals surface area contributed by atoms with E-state index in [0.717, 1.165) is 5.56 Å². The van der Waals surface area contributed by atoms with Crippen LogP contribution in [0.4, 0.5) is 5.69 Å². The maximum atomic E-state index is 13.4. The lowest BCUT2D eigenvalue weighted by atomic mass is 9.85. The van der Waals surface area contributed by atoms with Crippen LogP contribution in [0.25, 0.3) is 0 Å². The first-order valence-corrected chi connectivity index (χ1v) is 10.4. The van der Waals surface area contributed by atoms with E-state index in [1.54, 1.807) is 30.3 Å². The lowest BCUT2D eigenvalue weighted by Gasteiger charge is -2.25. The van der Waals surface area contributed by atoms with Gasteiger partial charge in [0.1, 0.15) is 11.9 Å². The molecule has 2 amide bonds. The van der Waals surface area contributed by atoms with Crippen molar-refractivity contribution in [3.63, 3.8) is 0 Å². The average molecular weight is 429 g/mol. The third-order valence-electron chi connectivity index (χ3n) is 5.10. The molecular formula is C26H28N4O2. The quantitative estimate of drug-likeness (QED) is 0.346. The maximum absolute atomic E-state index is 13.4. The molecule has 0 saturated heterocycles. The molecule has 164 valence electrons. The number of nitrogens with two attached hydrogens (primary N) is 1. The van der Waals surface area contributed by atoms with Gasteiger partial charge in [-0.2, -0.15) is 0 Å². The normalized spacial score (nSPS) is 12.0. The van der Waals surface area contributed by atoms with Crippen molar-refractivity contribution in [3.8, 4) is 0 Å². The Balaban J connectivity index is 1.91. The van der Waals surface area contributed by atoms with E-state index in [-0.39, 0.29) is 17.2 Å². The summed E-state index contributed by atoms with van der Waals surface area (Å²) in [6.07, 6.45) is 0. The van der Waals surface area contributed by atoms with Crippen molar-refractivity contribution in [3.05, 3.63) is 101 Å². The molecule has 6 heteroatoms. The molecule has 1 atom stereocenters. The summed E-state index contributed by atoms with van der Waals surface area (Å²) in [5, 5.41) is 13.4. The van der Waals surface area contributed by atoms with Gasteiger partial charge in [-0.05, 0) is 34.7 Å². The number of nitrogen functional groups attached to an aromatic ring is 1. The first-order chi connectivity index (χ1) is 15.2. The molecule has 6 nitrogen and oxygen atoms in total. The average Bonchev–Trinajstić information content (AvgIpc) is 2.77. The van der Waals surface area contributed by atoms with Crippen LogP contribution in [0.15, 0.2) is 78.9 Å². The molecule has 0 aliphatic carbocycles. The first kappa shape index (κ1) is 22.7. The van der Waals surface area contributed by atoms with Crippen LogP contribution in [0.2, 0.25) is 0 Å². The molecular weight excluding hydrogens is 400 g/mol. The molecule has 0 bridgehead atoms. The van der Waals surface area contributed by atoms with Crippen LogP contribution < -0.4 is 16.4 Å². The molecule has 0 saturated carbocycles. The van der Waals surface area contributed by atoms with Gasteiger partial charge in [-0.15, -0.1) is 0 Å². The van der Waals surface area contributed by atoms with Crippen LogP contribution in [-0.2, 0) is 10.2 Å². The smallest absolute Gasteiger partial charge is 0.252 e. The van der Waals surface area contributed by atoms with E-state index in [4.69, 9.17) is 11.1 Å². The third kappa shape index (κ3) is 5.40. The molecule has 0 aliphatic heterocycles. The van der Waals surface area contributed by atoms with E-state index < -0.39 is 11.9 Å². The largest absolute Gasteiger partial charge is 0.384 e. The second-order valence-corrected chi connectivity index (χ2v) is 8.60. The highest BCUT2D eigenvalue weighted by atomic mass is 16.2. The Labute approximate surface area is 188 Å². The minimum Gasteiger partial charge on any atom is -0.384 e. The van der Waals surface area contributed by atoms with Crippen molar-refractivity contribution in [1.82, 2.24) is 5.32 Å². The van der Waals surface area contributed by atoms with Crippen LogP contribution in [-0.4, -0.2) is 17.6 Å². The molecule has 0 fully saturated rings. The fraction of sp³-hybridized carbons (Fsp3) is 0.192. The van der Waals surface area contributed by atoms with Gasteiger partial charge in [0.25, 0.3) is 11.8 Å². The molecule has 0 radical (unpaired) electrons. The van der Waals surface area contributed by atoms with Crippen LogP contribution >= 0.6 is 0 Å². The number of amides is 2. The molecule has 3 aromatic rings. The number of hydrogen-bond acceptors (Lipinski definition) is 3. The highest BCUT2D eigenvalue weighted by Crippen LogP contribution is 2.30. The Morgan fingerprint density at radius 1 is 0.875 bits per heavy atom. The van der Waals surface area contributed by atoms with Gasteiger partial charge in [0.15, 0.2) is 0 Å². The molecule has 5 N–H and O–H groups in total. The molecule has 32 heavy (non-hydrogen) atoms. The zero-order chi connectivity index (χ0) is 23.3. The summed E-state index contributed by atoms with van der Waals surface area (Å²) >= 11 is 0. The third-order valence-corrected chi connectivity index (χ3v) is 5.10. The summed E-state index contributed by atoms with van der Waals surface area (Å²) in [6.45, 7) is 6.24. The van der Waals surface area contributed by atoms with Crippen LogP contribution in [0.5, 0.6) is 0 Å². The SMILES string of the molecule is CC(C)(C)c1ccccc1NC(=O)[C@H](NC(=O)c1cccc(C(=N)N)c1)c1ccccc1. The Hall–Kier alpha value is -3.93. The van der Waals surface area contributed by atoms with Crippen molar-refractivity contribution < 1.29 is 9.59 Å².